The van der Waals surface area contributed by atoms with E-state index in [0.29, 0.717) is 6.61 Å². The average molecular weight is 166 g/mol. The van der Waals surface area contributed by atoms with Gasteiger partial charge in [0.1, 0.15) is 12.4 Å². The maximum atomic E-state index is 5.42. The lowest BCUT2D eigenvalue weighted by Gasteiger charge is -2.05. The summed E-state index contributed by atoms with van der Waals surface area (Å²) in [5, 5.41) is 3.01. The first-order valence-corrected chi connectivity index (χ1v) is 4.03. The molecule has 0 bridgehead atoms. The molecule has 1 aromatic heterocycles. The molecule has 0 aliphatic heterocycles. The van der Waals surface area contributed by atoms with Gasteiger partial charge in [-0.1, -0.05) is 0 Å². The van der Waals surface area contributed by atoms with Gasteiger partial charge >= 0.3 is 0 Å². The summed E-state index contributed by atoms with van der Waals surface area (Å²) in [4.78, 5) is 4.07. The number of hydrogen-bond donors (Lipinski definition) is 1. The fraction of sp³-hybridized carbons (Fsp3) is 0.444. The standard InChI is InChI=1S/C9H14N2O/c1-8-7-9(3-4-11-8)12-6-5-10-2/h3-4,7,10H,5-6H2,1-2H3. The van der Waals surface area contributed by atoms with Crippen LogP contribution in [-0.2, 0) is 0 Å². The average Bonchev–Trinajstić information content (AvgIpc) is 2.05. The number of hydrogen-bond acceptors (Lipinski definition) is 3. The van der Waals surface area contributed by atoms with Crippen LogP contribution in [0, 0.1) is 6.92 Å². The molecule has 0 saturated heterocycles. The Kier molecular flexibility index (Phi) is 3.54. The van der Waals surface area contributed by atoms with Gasteiger partial charge in [-0.25, -0.2) is 0 Å². The van der Waals surface area contributed by atoms with Crippen LogP contribution in [0.4, 0.5) is 0 Å². The van der Waals surface area contributed by atoms with E-state index in [1.807, 2.05) is 26.1 Å². The highest BCUT2D eigenvalue weighted by molar-refractivity contribution is 5.21. The molecule has 1 heterocycles. The summed E-state index contributed by atoms with van der Waals surface area (Å²) >= 11 is 0. The third-order valence-corrected chi connectivity index (χ3v) is 1.49. The van der Waals surface area contributed by atoms with Crippen molar-refractivity contribution < 1.29 is 4.74 Å². The summed E-state index contributed by atoms with van der Waals surface area (Å²) < 4.78 is 5.42. The molecule has 0 unspecified atom stereocenters. The van der Waals surface area contributed by atoms with Crippen LogP contribution in [0.2, 0.25) is 0 Å². The predicted molar refractivity (Wildman–Crippen MR) is 48.4 cm³/mol. The normalized spacial score (nSPS) is 9.83. The second-order valence-corrected chi connectivity index (χ2v) is 2.58. The van der Waals surface area contributed by atoms with Crippen molar-refractivity contribution in [2.45, 2.75) is 6.92 Å². The van der Waals surface area contributed by atoms with E-state index >= 15 is 0 Å². The lowest BCUT2D eigenvalue weighted by Crippen LogP contribution is -2.15. The highest BCUT2D eigenvalue weighted by Crippen LogP contribution is 2.09. The topological polar surface area (TPSA) is 34.1 Å². The lowest BCUT2D eigenvalue weighted by atomic mass is 10.3. The lowest BCUT2D eigenvalue weighted by molar-refractivity contribution is 0.318. The minimum absolute atomic E-state index is 0.694. The zero-order valence-electron chi connectivity index (χ0n) is 7.50. The first kappa shape index (κ1) is 9.00. The van der Waals surface area contributed by atoms with E-state index < -0.39 is 0 Å². The van der Waals surface area contributed by atoms with Crippen molar-refractivity contribution in [2.75, 3.05) is 20.2 Å². The Morgan fingerprint density at radius 1 is 1.58 bits per heavy atom. The molecule has 12 heavy (non-hydrogen) atoms. The molecular formula is C9H14N2O. The van der Waals surface area contributed by atoms with Crippen LogP contribution in [-0.4, -0.2) is 25.2 Å². The Labute approximate surface area is 72.8 Å². The van der Waals surface area contributed by atoms with Crippen molar-refractivity contribution in [3.8, 4) is 5.75 Å². The minimum atomic E-state index is 0.694. The number of aromatic nitrogens is 1. The van der Waals surface area contributed by atoms with Gasteiger partial charge in [0.15, 0.2) is 0 Å². The van der Waals surface area contributed by atoms with Crippen molar-refractivity contribution in [3.05, 3.63) is 24.0 Å². The molecule has 0 aliphatic rings. The molecule has 1 N–H and O–H groups in total. The smallest absolute Gasteiger partial charge is 0.122 e. The molecule has 3 nitrogen and oxygen atoms in total. The number of aryl methyl sites for hydroxylation is 1. The predicted octanol–water partition coefficient (Wildman–Crippen LogP) is 0.988. The van der Waals surface area contributed by atoms with Crippen molar-refractivity contribution in [1.82, 2.24) is 10.3 Å². The number of nitrogens with one attached hydrogen (secondary N) is 1. The van der Waals surface area contributed by atoms with E-state index in [0.717, 1.165) is 18.0 Å². The molecule has 0 aromatic carbocycles. The first-order valence-electron chi connectivity index (χ1n) is 4.03. The molecule has 0 radical (unpaired) electrons. The van der Waals surface area contributed by atoms with E-state index in [4.69, 9.17) is 4.74 Å². The Balaban J connectivity index is 2.41. The summed E-state index contributed by atoms with van der Waals surface area (Å²) in [7, 11) is 1.90. The third-order valence-electron chi connectivity index (χ3n) is 1.49. The maximum absolute atomic E-state index is 5.42. The van der Waals surface area contributed by atoms with Gasteiger partial charge in [-0.3, -0.25) is 4.98 Å². The summed E-state index contributed by atoms with van der Waals surface area (Å²) in [5.41, 5.74) is 0.983. The maximum Gasteiger partial charge on any atom is 0.122 e. The van der Waals surface area contributed by atoms with Gasteiger partial charge in [-0.15, -0.1) is 0 Å². The van der Waals surface area contributed by atoms with E-state index in [-0.39, 0.29) is 0 Å². The monoisotopic (exact) mass is 166 g/mol. The van der Waals surface area contributed by atoms with E-state index in [1.54, 1.807) is 6.20 Å². The van der Waals surface area contributed by atoms with Gasteiger partial charge in [0.05, 0.1) is 0 Å². The summed E-state index contributed by atoms with van der Waals surface area (Å²) in [6, 6.07) is 3.79. The van der Waals surface area contributed by atoms with Crippen molar-refractivity contribution in [1.29, 1.82) is 0 Å². The van der Waals surface area contributed by atoms with E-state index in [9.17, 15) is 0 Å². The number of pyridine rings is 1. The molecule has 0 amide bonds. The molecule has 0 fully saturated rings. The molecule has 3 heteroatoms. The zero-order valence-corrected chi connectivity index (χ0v) is 7.50. The van der Waals surface area contributed by atoms with Gasteiger partial charge in [0.25, 0.3) is 0 Å². The molecule has 66 valence electrons. The van der Waals surface area contributed by atoms with Gasteiger partial charge in [-0.2, -0.15) is 0 Å². The number of nitrogens with zero attached hydrogens (tertiary/aromatic N) is 1. The molecule has 1 aromatic rings. The van der Waals surface area contributed by atoms with Crippen LogP contribution < -0.4 is 10.1 Å². The highest BCUT2D eigenvalue weighted by atomic mass is 16.5. The quantitative estimate of drug-likeness (QED) is 0.677. The second kappa shape index (κ2) is 4.72. The van der Waals surface area contributed by atoms with Crippen molar-refractivity contribution in [3.63, 3.8) is 0 Å². The molecule has 0 aliphatic carbocycles. The van der Waals surface area contributed by atoms with Crippen molar-refractivity contribution in [2.24, 2.45) is 0 Å². The van der Waals surface area contributed by atoms with Crippen LogP contribution in [0.5, 0.6) is 5.75 Å². The van der Waals surface area contributed by atoms with Crippen LogP contribution in [0.25, 0.3) is 0 Å². The number of rotatable bonds is 4. The van der Waals surface area contributed by atoms with Gasteiger partial charge in [0.2, 0.25) is 0 Å². The molecule has 0 spiro atoms. The Hall–Kier alpha value is -1.09. The Morgan fingerprint density at radius 2 is 2.42 bits per heavy atom. The Morgan fingerprint density at radius 3 is 3.08 bits per heavy atom. The number of likely N-dealkylation sites (N-methyl/N-ethyl adjacent to an activating group) is 1. The molecular weight excluding hydrogens is 152 g/mol. The summed E-state index contributed by atoms with van der Waals surface area (Å²) in [5.74, 6) is 0.887. The van der Waals surface area contributed by atoms with Crippen LogP contribution in [0.3, 0.4) is 0 Å². The van der Waals surface area contributed by atoms with E-state index in [1.165, 1.54) is 0 Å². The van der Waals surface area contributed by atoms with Gasteiger partial charge < -0.3 is 10.1 Å². The SMILES string of the molecule is CNCCOc1ccnc(C)c1. The summed E-state index contributed by atoms with van der Waals surface area (Å²) in [6.07, 6.45) is 1.75. The van der Waals surface area contributed by atoms with Gasteiger partial charge in [0, 0.05) is 24.5 Å². The fourth-order valence-electron chi connectivity index (χ4n) is 0.880. The fourth-order valence-corrected chi connectivity index (χ4v) is 0.880. The number of ether oxygens (including phenoxy) is 1. The first-order chi connectivity index (χ1) is 5.83. The van der Waals surface area contributed by atoms with Crippen LogP contribution in [0.1, 0.15) is 5.69 Å². The molecule has 0 saturated carbocycles. The van der Waals surface area contributed by atoms with Crippen LogP contribution in [0.15, 0.2) is 18.3 Å². The molecule has 0 atom stereocenters. The van der Waals surface area contributed by atoms with Gasteiger partial charge in [-0.05, 0) is 20.0 Å². The van der Waals surface area contributed by atoms with Crippen LogP contribution >= 0.6 is 0 Å². The van der Waals surface area contributed by atoms with Crippen molar-refractivity contribution >= 4 is 0 Å². The highest BCUT2D eigenvalue weighted by Gasteiger charge is 1.92. The minimum Gasteiger partial charge on any atom is -0.492 e. The largest absolute Gasteiger partial charge is 0.492 e. The third kappa shape index (κ3) is 2.88. The second-order valence-electron chi connectivity index (χ2n) is 2.58. The van der Waals surface area contributed by atoms with E-state index in [2.05, 4.69) is 10.3 Å². The summed E-state index contributed by atoms with van der Waals surface area (Å²) in [6.45, 7) is 3.51. The molecule has 1 rings (SSSR count). The Bertz CT molecular complexity index is 238. The zero-order chi connectivity index (χ0) is 8.81.